The lowest BCUT2D eigenvalue weighted by Crippen LogP contribution is -2.33. The van der Waals surface area contributed by atoms with Crippen molar-refractivity contribution in [1.82, 2.24) is 5.01 Å². The molecule has 2 unspecified atom stereocenters. The minimum Gasteiger partial charge on any atom is -0.464 e. The number of ether oxygens (including phenoxy) is 1. The molecule has 5 rings (SSSR count). The number of hydrazone groups is 1. The van der Waals surface area contributed by atoms with E-state index >= 15 is 0 Å². The van der Waals surface area contributed by atoms with Crippen LogP contribution in [0, 0.1) is 0 Å². The maximum atomic E-state index is 6.29. The second-order valence-corrected chi connectivity index (χ2v) is 7.69. The van der Waals surface area contributed by atoms with Gasteiger partial charge in [0.2, 0.25) is 6.23 Å². The molecule has 0 bridgehead atoms. The van der Waals surface area contributed by atoms with Crippen molar-refractivity contribution >= 4 is 33.0 Å². The lowest BCUT2D eigenvalue weighted by atomic mass is 9.98. The van der Waals surface area contributed by atoms with E-state index in [2.05, 4.69) is 38.5 Å². The Kier molecular flexibility index (Phi) is 3.28. The van der Waals surface area contributed by atoms with Crippen LogP contribution in [0.1, 0.15) is 34.9 Å². The first kappa shape index (κ1) is 14.3. The van der Waals surface area contributed by atoms with E-state index in [0.717, 1.165) is 38.6 Å². The smallest absolute Gasteiger partial charge is 0.222 e. The number of rotatable bonds is 2. The largest absolute Gasteiger partial charge is 0.464 e. The van der Waals surface area contributed by atoms with E-state index in [9.17, 15) is 0 Å². The number of halogens is 1. The van der Waals surface area contributed by atoms with E-state index in [1.165, 1.54) is 0 Å². The average Bonchev–Trinajstić information content (AvgIpc) is 3.33. The van der Waals surface area contributed by atoms with Crippen molar-refractivity contribution in [3.8, 4) is 5.75 Å². The van der Waals surface area contributed by atoms with Gasteiger partial charge in [0.15, 0.2) is 0 Å². The van der Waals surface area contributed by atoms with E-state index in [1.807, 2.05) is 30.3 Å². The van der Waals surface area contributed by atoms with Gasteiger partial charge in [0.05, 0.1) is 17.2 Å². The summed E-state index contributed by atoms with van der Waals surface area (Å²) in [4.78, 5) is 1.15. The van der Waals surface area contributed by atoms with Crippen LogP contribution in [-0.2, 0) is 0 Å². The Labute approximate surface area is 151 Å². The van der Waals surface area contributed by atoms with Crippen LogP contribution in [0.25, 0.3) is 0 Å². The minimum absolute atomic E-state index is 0.151. The summed E-state index contributed by atoms with van der Waals surface area (Å²) in [6.07, 6.45) is 2.30. The summed E-state index contributed by atoms with van der Waals surface area (Å²) in [5, 5.41) is 8.98. The standard InChI is InChI=1S/C18H13BrN2O2S/c19-11-5-6-15-12(9-11)14-10-13(16-3-1-7-22-16)20-21(14)18(23-15)17-4-2-8-24-17/h1-9,14,18H,10H2. The lowest BCUT2D eigenvalue weighted by molar-refractivity contribution is -0.0166. The van der Waals surface area contributed by atoms with Gasteiger partial charge in [-0.25, -0.2) is 5.01 Å². The second kappa shape index (κ2) is 5.50. The van der Waals surface area contributed by atoms with Gasteiger partial charge < -0.3 is 9.15 Å². The van der Waals surface area contributed by atoms with Crippen LogP contribution >= 0.6 is 27.3 Å². The van der Waals surface area contributed by atoms with Crippen LogP contribution in [-0.4, -0.2) is 10.7 Å². The fourth-order valence-corrected chi connectivity index (χ4v) is 4.39. The van der Waals surface area contributed by atoms with Gasteiger partial charge in [0.1, 0.15) is 17.2 Å². The second-order valence-electron chi connectivity index (χ2n) is 5.79. The maximum Gasteiger partial charge on any atom is 0.222 e. The van der Waals surface area contributed by atoms with Gasteiger partial charge in [-0.15, -0.1) is 11.3 Å². The Balaban J connectivity index is 1.62. The lowest BCUT2D eigenvalue weighted by Gasteiger charge is -2.37. The Morgan fingerprint density at radius 1 is 1.21 bits per heavy atom. The van der Waals surface area contributed by atoms with Crippen LogP contribution in [0.4, 0.5) is 0 Å². The van der Waals surface area contributed by atoms with Crippen LogP contribution in [0.2, 0.25) is 0 Å². The number of hydrogen-bond acceptors (Lipinski definition) is 5. The van der Waals surface area contributed by atoms with Gasteiger partial charge in [-0.3, -0.25) is 0 Å². The molecule has 4 heterocycles. The summed E-state index contributed by atoms with van der Waals surface area (Å²) in [6, 6.07) is 14.3. The van der Waals surface area contributed by atoms with E-state index < -0.39 is 0 Å². The molecule has 0 radical (unpaired) electrons. The quantitative estimate of drug-likeness (QED) is 0.581. The Morgan fingerprint density at radius 3 is 2.96 bits per heavy atom. The van der Waals surface area contributed by atoms with Gasteiger partial charge in [0, 0.05) is 16.5 Å². The van der Waals surface area contributed by atoms with E-state index in [-0.39, 0.29) is 12.3 Å². The molecule has 0 saturated carbocycles. The first-order chi connectivity index (χ1) is 11.8. The molecule has 2 aromatic heterocycles. The predicted molar refractivity (Wildman–Crippen MR) is 96.3 cm³/mol. The Hall–Kier alpha value is -2.05. The van der Waals surface area contributed by atoms with Gasteiger partial charge in [-0.2, -0.15) is 5.10 Å². The zero-order chi connectivity index (χ0) is 16.1. The molecule has 1 aromatic carbocycles. The van der Waals surface area contributed by atoms with Crippen LogP contribution < -0.4 is 4.74 Å². The Bertz CT molecular complexity index is 905. The molecule has 3 aromatic rings. The highest BCUT2D eigenvalue weighted by Crippen LogP contribution is 2.48. The number of hydrogen-bond donors (Lipinski definition) is 0. The number of thiophene rings is 1. The molecule has 2 aliphatic rings. The number of furan rings is 1. The highest BCUT2D eigenvalue weighted by Gasteiger charge is 2.41. The molecule has 2 aliphatic heterocycles. The summed E-state index contributed by atoms with van der Waals surface area (Å²) in [5.74, 6) is 1.75. The third kappa shape index (κ3) is 2.21. The third-order valence-electron chi connectivity index (χ3n) is 4.34. The highest BCUT2D eigenvalue weighted by molar-refractivity contribution is 9.10. The zero-order valence-electron chi connectivity index (χ0n) is 12.6. The fraction of sp³-hybridized carbons (Fsp3) is 0.167. The molecule has 0 aliphatic carbocycles. The van der Waals surface area contributed by atoms with Gasteiger partial charge >= 0.3 is 0 Å². The topological polar surface area (TPSA) is 38.0 Å². The number of nitrogens with zero attached hydrogens (tertiary/aromatic N) is 2. The van der Waals surface area contributed by atoms with Crippen LogP contribution in [0.5, 0.6) is 5.75 Å². The molecule has 0 saturated heterocycles. The van der Waals surface area contributed by atoms with Crippen LogP contribution in [0.3, 0.4) is 0 Å². The predicted octanol–water partition coefficient (Wildman–Crippen LogP) is 5.35. The van der Waals surface area contributed by atoms with Gasteiger partial charge in [0.25, 0.3) is 0 Å². The number of fused-ring (bicyclic) bond motifs is 3. The van der Waals surface area contributed by atoms with Crippen molar-refractivity contribution in [2.24, 2.45) is 5.10 Å². The minimum atomic E-state index is -0.198. The summed E-state index contributed by atoms with van der Waals surface area (Å²) >= 11 is 5.25. The maximum absolute atomic E-state index is 6.29. The molecule has 6 heteroatoms. The van der Waals surface area contributed by atoms with Crippen molar-refractivity contribution in [3.63, 3.8) is 0 Å². The monoisotopic (exact) mass is 400 g/mol. The summed E-state index contributed by atoms with van der Waals surface area (Å²) in [6.45, 7) is 0. The van der Waals surface area contributed by atoms with E-state index in [1.54, 1.807) is 17.6 Å². The first-order valence-electron chi connectivity index (χ1n) is 7.69. The fourth-order valence-electron chi connectivity index (χ4n) is 3.27. The van der Waals surface area contributed by atoms with Gasteiger partial charge in [-0.1, -0.05) is 22.0 Å². The number of benzene rings is 1. The molecule has 0 fully saturated rings. The van der Waals surface area contributed by atoms with Crippen LogP contribution in [0.15, 0.2) is 68.1 Å². The van der Waals surface area contributed by atoms with Crippen molar-refractivity contribution in [2.75, 3.05) is 0 Å². The molecule has 0 spiro atoms. The summed E-state index contributed by atoms with van der Waals surface area (Å²) in [7, 11) is 0. The third-order valence-corrected chi connectivity index (χ3v) is 5.74. The molecule has 0 N–H and O–H groups in total. The molecule has 4 nitrogen and oxygen atoms in total. The van der Waals surface area contributed by atoms with Crippen molar-refractivity contribution < 1.29 is 9.15 Å². The Morgan fingerprint density at radius 2 is 2.17 bits per heavy atom. The first-order valence-corrected chi connectivity index (χ1v) is 9.36. The summed E-state index contributed by atoms with van der Waals surface area (Å²) in [5.41, 5.74) is 2.12. The van der Waals surface area contributed by atoms with Crippen molar-refractivity contribution in [2.45, 2.75) is 18.7 Å². The SMILES string of the molecule is Brc1ccc2c(c1)C1CC(c3ccco3)=NN1C(c1cccs1)O2. The molecular formula is C18H13BrN2O2S. The van der Waals surface area contributed by atoms with E-state index in [0.29, 0.717) is 0 Å². The molecule has 0 amide bonds. The highest BCUT2D eigenvalue weighted by atomic mass is 79.9. The van der Waals surface area contributed by atoms with Gasteiger partial charge in [-0.05, 0) is 41.8 Å². The molecule has 2 atom stereocenters. The molecular weight excluding hydrogens is 388 g/mol. The average molecular weight is 401 g/mol. The normalized spacial score (nSPS) is 21.9. The summed E-state index contributed by atoms with van der Waals surface area (Å²) < 4.78 is 12.9. The zero-order valence-corrected chi connectivity index (χ0v) is 15.0. The molecule has 24 heavy (non-hydrogen) atoms. The van der Waals surface area contributed by atoms with Crippen molar-refractivity contribution in [3.05, 3.63) is 74.8 Å². The molecule has 120 valence electrons. The van der Waals surface area contributed by atoms with Crippen molar-refractivity contribution in [1.29, 1.82) is 0 Å². The van der Waals surface area contributed by atoms with E-state index in [4.69, 9.17) is 14.3 Å².